The molecule has 0 radical (unpaired) electrons. The highest BCUT2D eigenvalue weighted by atomic mass is 16.4. The summed E-state index contributed by atoms with van der Waals surface area (Å²) < 4.78 is 0. The van der Waals surface area contributed by atoms with Gasteiger partial charge in [-0.15, -0.1) is 0 Å². The maximum absolute atomic E-state index is 11.3. The summed E-state index contributed by atoms with van der Waals surface area (Å²) in [7, 11) is 0. The Bertz CT molecular complexity index is 400. The molecular weight excluding hydrogens is 212 g/mol. The van der Waals surface area contributed by atoms with Gasteiger partial charge in [-0.05, 0) is 22.5 Å². The quantitative estimate of drug-likeness (QED) is 0.863. The molecule has 1 rings (SSSR count). The molecule has 0 amide bonds. The lowest BCUT2D eigenvalue weighted by Crippen LogP contribution is -2.19. The van der Waals surface area contributed by atoms with E-state index in [4.69, 9.17) is 0 Å². The summed E-state index contributed by atoms with van der Waals surface area (Å²) >= 11 is 0. The second-order valence-corrected chi connectivity index (χ2v) is 5.94. The molecule has 0 bridgehead atoms. The van der Waals surface area contributed by atoms with Gasteiger partial charge in [0.05, 0.1) is 5.92 Å². The van der Waals surface area contributed by atoms with Crippen LogP contribution in [0.25, 0.3) is 0 Å². The number of carboxylic acid groups (broad SMARTS) is 1. The minimum absolute atomic E-state index is 0.0516. The molecule has 0 aliphatic carbocycles. The number of carbonyl (C=O) groups is 1. The summed E-state index contributed by atoms with van der Waals surface area (Å²) in [4.78, 5) is 11.3. The highest BCUT2D eigenvalue weighted by molar-refractivity contribution is 5.76. The summed E-state index contributed by atoms with van der Waals surface area (Å²) in [5.74, 6) is -1.06. The molecule has 0 saturated heterocycles. The van der Waals surface area contributed by atoms with Crippen molar-refractivity contribution >= 4 is 5.97 Å². The highest BCUT2D eigenvalue weighted by Gasteiger charge is 2.24. The van der Waals surface area contributed by atoms with Crippen molar-refractivity contribution in [1.29, 1.82) is 0 Å². The van der Waals surface area contributed by atoms with Crippen LogP contribution in [0.5, 0.6) is 0 Å². The van der Waals surface area contributed by atoms with Crippen molar-refractivity contribution in [2.45, 2.75) is 46.0 Å². The van der Waals surface area contributed by atoms with Crippen molar-refractivity contribution in [2.24, 2.45) is 5.92 Å². The van der Waals surface area contributed by atoms with Crippen LogP contribution in [0.3, 0.4) is 0 Å². The number of benzene rings is 1. The summed E-state index contributed by atoms with van der Waals surface area (Å²) in [6.45, 7) is 10.3. The average molecular weight is 234 g/mol. The van der Waals surface area contributed by atoms with Gasteiger partial charge in [0.15, 0.2) is 0 Å². The summed E-state index contributed by atoms with van der Waals surface area (Å²) in [5.41, 5.74) is 2.14. The molecular formula is C15H22O2. The van der Waals surface area contributed by atoms with Crippen molar-refractivity contribution in [1.82, 2.24) is 0 Å². The summed E-state index contributed by atoms with van der Waals surface area (Å²) in [5, 5.41) is 9.29. The van der Waals surface area contributed by atoms with E-state index in [0.717, 1.165) is 5.56 Å². The van der Waals surface area contributed by atoms with Gasteiger partial charge in [-0.1, -0.05) is 58.9 Å². The molecule has 0 saturated carbocycles. The maximum atomic E-state index is 11.3. The van der Waals surface area contributed by atoms with Crippen LogP contribution < -0.4 is 0 Å². The molecule has 94 valence electrons. The number of hydrogen-bond acceptors (Lipinski definition) is 1. The number of aliphatic carboxylic acids is 1. The third-order valence-electron chi connectivity index (χ3n) is 3.04. The number of hydrogen-bond donors (Lipinski definition) is 1. The molecule has 1 N–H and O–H groups in total. The van der Waals surface area contributed by atoms with Crippen molar-refractivity contribution in [2.75, 3.05) is 0 Å². The fraction of sp³-hybridized carbons (Fsp3) is 0.533. The van der Waals surface area contributed by atoms with E-state index in [1.807, 2.05) is 32.0 Å². The molecule has 2 heteroatoms. The lowest BCUT2D eigenvalue weighted by Gasteiger charge is -2.22. The van der Waals surface area contributed by atoms with Crippen LogP contribution in [-0.4, -0.2) is 11.1 Å². The largest absolute Gasteiger partial charge is 0.481 e. The first kappa shape index (κ1) is 13.8. The van der Waals surface area contributed by atoms with Gasteiger partial charge >= 0.3 is 5.97 Å². The normalized spacial score (nSPS) is 13.8. The fourth-order valence-corrected chi connectivity index (χ4v) is 2.01. The molecule has 0 aliphatic heterocycles. The predicted molar refractivity (Wildman–Crippen MR) is 70.4 cm³/mol. The minimum atomic E-state index is -0.744. The smallest absolute Gasteiger partial charge is 0.311 e. The SMILES string of the molecule is CC(C)C(C(=O)O)c1cccc(C(C)(C)C)c1. The van der Waals surface area contributed by atoms with Crippen LogP contribution in [0.4, 0.5) is 0 Å². The second-order valence-electron chi connectivity index (χ2n) is 5.94. The summed E-state index contributed by atoms with van der Waals surface area (Å²) in [6.07, 6.45) is 0. The lowest BCUT2D eigenvalue weighted by atomic mass is 9.82. The van der Waals surface area contributed by atoms with Crippen molar-refractivity contribution in [3.05, 3.63) is 35.4 Å². The van der Waals surface area contributed by atoms with Gasteiger partial charge in [-0.3, -0.25) is 4.79 Å². The van der Waals surface area contributed by atoms with E-state index in [-0.39, 0.29) is 11.3 Å². The Balaban J connectivity index is 3.18. The molecule has 2 nitrogen and oxygen atoms in total. The molecule has 0 heterocycles. The molecule has 0 spiro atoms. The second kappa shape index (κ2) is 4.91. The Morgan fingerprint density at radius 1 is 1.24 bits per heavy atom. The maximum Gasteiger partial charge on any atom is 0.311 e. The first-order valence-corrected chi connectivity index (χ1v) is 6.06. The van der Waals surface area contributed by atoms with Crippen molar-refractivity contribution in [3.63, 3.8) is 0 Å². The van der Waals surface area contributed by atoms with Crippen LogP contribution in [-0.2, 0) is 10.2 Å². The highest BCUT2D eigenvalue weighted by Crippen LogP contribution is 2.29. The van der Waals surface area contributed by atoms with E-state index in [9.17, 15) is 9.90 Å². The zero-order valence-electron chi connectivity index (χ0n) is 11.3. The van der Waals surface area contributed by atoms with Crippen LogP contribution in [0, 0.1) is 5.92 Å². The van der Waals surface area contributed by atoms with Gasteiger partial charge in [0, 0.05) is 0 Å². The molecule has 0 aliphatic rings. The van der Waals surface area contributed by atoms with Gasteiger partial charge in [0.2, 0.25) is 0 Å². The Morgan fingerprint density at radius 3 is 2.24 bits per heavy atom. The Morgan fingerprint density at radius 2 is 1.82 bits per heavy atom. The van der Waals surface area contributed by atoms with Gasteiger partial charge in [0.1, 0.15) is 0 Å². The number of carboxylic acids is 1. The van der Waals surface area contributed by atoms with Crippen molar-refractivity contribution < 1.29 is 9.90 Å². The molecule has 17 heavy (non-hydrogen) atoms. The predicted octanol–water partition coefficient (Wildman–Crippen LogP) is 3.81. The van der Waals surface area contributed by atoms with E-state index in [0.29, 0.717) is 0 Å². The molecule has 0 aromatic heterocycles. The van der Waals surface area contributed by atoms with Crippen LogP contribution in [0.2, 0.25) is 0 Å². The average Bonchev–Trinajstić information content (AvgIpc) is 2.15. The molecule has 1 atom stereocenters. The summed E-state index contributed by atoms with van der Waals surface area (Å²) in [6, 6.07) is 7.95. The third kappa shape index (κ3) is 3.32. The van der Waals surface area contributed by atoms with E-state index in [1.54, 1.807) is 0 Å². The van der Waals surface area contributed by atoms with Crippen LogP contribution >= 0.6 is 0 Å². The molecule has 1 unspecified atom stereocenters. The lowest BCUT2D eigenvalue weighted by molar-refractivity contribution is -0.139. The van der Waals surface area contributed by atoms with Gasteiger partial charge in [0.25, 0.3) is 0 Å². The van der Waals surface area contributed by atoms with Gasteiger partial charge < -0.3 is 5.11 Å². The Labute approximate surface area is 104 Å². The Kier molecular flexibility index (Phi) is 3.97. The van der Waals surface area contributed by atoms with Gasteiger partial charge in [-0.2, -0.15) is 0 Å². The van der Waals surface area contributed by atoms with Crippen LogP contribution in [0.1, 0.15) is 51.7 Å². The first-order chi connectivity index (χ1) is 7.73. The van der Waals surface area contributed by atoms with Crippen LogP contribution in [0.15, 0.2) is 24.3 Å². The van der Waals surface area contributed by atoms with E-state index >= 15 is 0 Å². The standard InChI is InChI=1S/C15H22O2/c1-10(2)13(14(16)17)11-7-6-8-12(9-11)15(3,4)5/h6-10,13H,1-5H3,(H,16,17). The molecule has 1 aromatic carbocycles. The van der Waals surface area contributed by atoms with E-state index < -0.39 is 11.9 Å². The zero-order valence-corrected chi connectivity index (χ0v) is 11.3. The first-order valence-electron chi connectivity index (χ1n) is 6.06. The number of rotatable bonds is 3. The van der Waals surface area contributed by atoms with E-state index in [1.165, 1.54) is 5.56 Å². The topological polar surface area (TPSA) is 37.3 Å². The monoisotopic (exact) mass is 234 g/mol. The van der Waals surface area contributed by atoms with E-state index in [2.05, 4.69) is 26.8 Å². The minimum Gasteiger partial charge on any atom is -0.481 e. The third-order valence-corrected chi connectivity index (χ3v) is 3.04. The van der Waals surface area contributed by atoms with Gasteiger partial charge in [-0.25, -0.2) is 0 Å². The molecule has 0 fully saturated rings. The fourth-order valence-electron chi connectivity index (χ4n) is 2.01. The van der Waals surface area contributed by atoms with Crippen molar-refractivity contribution in [3.8, 4) is 0 Å². The zero-order chi connectivity index (χ0) is 13.2. The molecule has 1 aromatic rings. The Hall–Kier alpha value is -1.31.